The van der Waals surface area contributed by atoms with E-state index in [1.54, 1.807) is 0 Å². The second-order valence-electron chi connectivity index (χ2n) is 15.5. The highest BCUT2D eigenvalue weighted by Crippen LogP contribution is 2.53. The van der Waals surface area contributed by atoms with E-state index in [0.29, 0.717) is 29.6 Å². The number of nitriles is 1. The third-order valence-electron chi connectivity index (χ3n) is 12.2. The summed E-state index contributed by atoms with van der Waals surface area (Å²) in [5.41, 5.74) is -16.4. The molecule has 0 saturated heterocycles. The SMILES string of the molecule is [2H]c1c([2H])c([2H])c2c(sc3c2c([2H])c([2H])c2c4c([2H])c(C([2H])([2H])[2H])c([2H])c([2H])c4n(-c4c(-n5c6c([2H])c([2H])c([2H])c([2H])c6c6c([2H])c([2H])c([2H])c([2H])c65)c(C#N)c(-n5c6c([2H])c([2H])c([2H])c([2H])c6c6c([2H])c([2H])c([2H])c([2H])c65)c([N+]#[C-])c4-n4c5c([2H])c([2H])c([2H])c([2H])c5c5c([2H])c([2H])c([2H])c([2H])c54)c32)c1[2H]. The molecule has 0 aliphatic carbocycles. The zero-order chi connectivity index (χ0) is 77.6. The Labute approximate surface area is 454 Å². The lowest BCUT2D eigenvalue weighted by atomic mass is 10.0. The van der Waals surface area contributed by atoms with E-state index in [0.717, 1.165) is 0 Å². The van der Waals surface area contributed by atoms with Crippen LogP contribution in [0.25, 0.3) is 135 Å². The van der Waals surface area contributed by atoms with Crippen molar-refractivity contribution < 1.29 is 49.3 Å². The Morgan fingerprint density at radius 3 is 1.36 bits per heavy atom. The summed E-state index contributed by atoms with van der Waals surface area (Å²) in [6.45, 7) is 6.27. The summed E-state index contributed by atoms with van der Waals surface area (Å²) in [6.07, 6.45) is 0. The number of benzene rings is 10. The molecule has 0 amide bonds. The monoisotopic (exact) mass is 944 g/mol. The maximum atomic E-state index is 12.9. The van der Waals surface area contributed by atoms with Crippen molar-refractivity contribution in [3.05, 3.63) is 222 Å². The molecule has 0 saturated carbocycles. The molecule has 70 heavy (non-hydrogen) atoms. The summed E-state index contributed by atoms with van der Waals surface area (Å²) in [5, 5.41) is 5.32. The van der Waals surface area contributed by atoms with Crippen molar-refractivity contribution in [2.24, 2.45) is 0 Å². The van der Waals surface area contributed by atoms with E-state index in [1.165, 1.54) is 0 Å². The summed E-state index contributed by atoms with van der Waals surface area (Å²) in [7, 11) is 0. The van der Waals surface area contributed by atoms with Gasteiger partial charge < -0.3 is 18.3 Å². The molecule has 0 aliphatic rings. The second kappa shape index (κ2) is 14.3. The highest BCUT2D eigenvalue weighted by Gasteiger charge is 2.35. The smallest absolute Gasteiger partial charge is 0.237 e. The van der Waals surface area contributed by atoms with Gasteiger partial charge in [-0.25, -0.2) is 4.85 Å². The molecular formula is C63H36N6S. The van der Waals surface area contributed by atoms with Gasteiger partial charge in [-0.1, -0.05) is 151 Å². The first-order valence-corrected chi connectivity index (χ1v) is 21.3. The van der Waals surface area contributed by atoms with E-state index in [4.69, 9.17) is 15.1 Å². The Bertz CT molecular complexity index is 6570. The maximum Gasteiger partial charge on any atom is 0.237 e. The zero-order valence-electron chi connectivity index (χ0n) is 70.6. The fourth-order valence-corrected chi connectivity index (χ4v) is 10.7. The largest absolute Gasteiger partial charge is 0.318 e. The molecule has 5 aromatic heterocycles. The predicted octanol–water partition coefficient (Wildman–Crippen LogP) is 17.2. The van der Waals surface area contributed by atoms with Gasteiger partial charge in [-0.3, -0.25) is 0 Å². The molecule has 324 valence electrons. The summed E-state index contributed by atoms with van der Waals surface area (Å²) in [5.74, 6) is 0. The first kappa shape index (κ1) is 17.6. The lowest BCUT2D eigenvalue weighted by Gasteiger charge is -2.27. The van der Waals surface area contributed by atoms with E-state index < -0.39 is 353 Å². The zero-order valence-corrected chi connectivity index (χ0v) is 35.4. The van der Waals surface area contributed by atoms with Crippen molar-refractivity contribution in [2.75, 3.05) is 0 Å². The highest BCUT2D eigenvalue weighted by molar-refractivity contribution is 7.26. The Kier molecular flexibility index (Phi) is 3.60. The number of nitrogens with zero attached hydrogens (tertiary/aromatic N) is 6. The van der Waals surface area contributed by atoms with Crippen LogP contribution < -0.4 is 0 Å². The van der Waals surface area contributed by atoms with E-state index in [1.807, 2.05) is 6.07 Å². The van der Waals surface area contributed by atoms with Crippen molar-refractivity contribution in [3.63, 3.8) is 0 Å². The van der Waals surface area contributed by atoms with Crippen LogP contribution in [0, 0.1) is 24.8 Å². The van der Waals surface area contributed by atoms with Crippen LogP contribution in [-0.2, 0) is 0 Å². The Hall–Kier alpha value is -9.40. The average Bonchev–Trinajstić information content (AvgIpc) is 1.51. The van der Waals surface area contributed by atoms with Crippen LogP contribution in [0.15, 0.2) is 199 Å². The van der Waals surface area contributed by atoms with Crippen LogP contribution in [0.5, 0.6) is 0 Å². The number of thiophene rings is 1. The molecule has 10 aromatic carbocycles. The van der Waals surface area contributed by atoms with Crippen molar-refractivity contribution in [1.82, 2.24) is 18.3 Å². The molecule has 0 atom stereocenters. The van der Waals surface area contributed by atoms with Crippen molar-refractivity contribution in [2.45, 2.75) is 6.85 Å². The minimum Gasteiger partial charge on any atom is -0.318 e. The molecular weight excluding hydrogens is 873 g/mol. The standard InChI is InChI=1S/C63H36N6S/c1-37-31-34-55-47(35-37)45-32-33-46-44-23-9-16-30-56(44)70-63(46)60(45)69(55)62-59(67-51-26-12-5-19-40(51)41-20-6-13-27-52(41)67)48(36-64)58(66-49-24-10-3-17-38(49)39-18-4-11-25-50(39)66)57(65-2)61(62)68-53-28-14-7-21-42(53)43-22-8-15-29-54(43)68/h3-35H,1H3/i1D3,3D,4D,5D,6D,7D,8D,9D,10D,11D,12D,13D,14D,15D,16D,17D,18D,19D,20D,21D,22D,23D,24D,25D,26D,27D,28D,29D,30D,31D,32D,33D,34D,35D. The summed E-state index contributed by atoms with van der Waals surface area (Å²) < 4.78 is 342. The first-order chi connectivity index (χ1) is 49.6. The number of fused-ring (bicyclic) bond motifs is 16. The molecule has 0 spiro atoms. The van der Waals surface area contributed by atoms with Crippen LogP contribution >= 0.6 is 11.3 Å². The van der Waals surface area contributed by atoms with E-state index >= 15 is 0 Å². The Morgan fingerprint density at radius 1 is 0.443 bits per heavy atom. The first-order valence-electron chi connectivity index (χ1n) is 38.5. The van der Waals surface area contributed by atoms with Gasteiger partial charge in [-0.15, -0.1) is 11.3 Å². The van der Waals surface area contributed by atoms with Gasteiger partial charge in [0.2, 0.25) is 5.69 Å². The van der Waals surface area contributed by atoms with Gasteiger partial charge in [0.1, 0.15) is 6.07 Å². The van der Waals surface area contributed by atoms with Gasteiger partial charge in [-0.05, 0) is 61.2 Å². The number of aromatic nitrogens is 4. The molecule has 15 rings (SSSR count). The number of hydrogen-bond donors (Lipinski definition) is 0. The lowest BCUT2D eigenvalue weighted by molar-refractivity contribution is 1.03. The Morgan fingerprint density at radius 2 is 0.871 bits per heavy atom. The lowest BCUT2D eigenvalue weighted by Crippen LogP contribution is -2.14. The van der Waals surface area contributed by atoms with Crippen molar-refractivity contribution in [1.29, 1.82) is 5.26 Å². The number of para-hydroxylation sites is 6. The fourth-order valence-electron chi connectivity index (χ4n) is 9.57. The number of rotatable bonds is 4. The van der Waals surface area contributed by atoms with E-state index in [2.05, 4.69) is 4.85 Å². The van der Waals surface area contributed by atoms with E-state index in [-0.39, 0.29) is 0 Å². The molecule has 0 fully saturated rings. The highest BCUT2D eigenvalue weighted by atomic mass is 32.1. The summed E-state index contributed by atoms with van der Waals surface area (Å²) in [4.78, 5) is 4.03. The maximum absolute atomic E-state index is 12.9. The molecule has 0 N–H and O–H groups in total. The summed E-state index contributed by atoms with van der Waals surface area (Å²) >= 11 is 0.407. The van der Waals surface area contributed by atoms with Crippen LogP contribution in [0.1, 0.15) is 60.5 Å². The molecule has 0 aliphatic heterocycles. The van der Waals surface area contributed by atoms with Gasteiger partial charge in [0.05, 0.1) is 129 Å². The van der Waals surface area contributed by atoms with Gasteiger partial charge in [0, 0.05) is 62.7 Å². The van der Waals surface area contributed by atoms with Gasteiger partial charge in [0.15, 0.2) is 0 Å². The third kappa shape index (κ3) is 4.98. The van der Waals surface area contributed by atoms with Crippen molar-refractivity contribution >= 4 is 124 Å². The average molecular weight is 945 g/mol. The fraction of sp³-hybridized carbons (Fsp3) is 0.0159. The quantitative estimate of drug-likeness (QED) is 0.162. The van der Waals surface area contributed by atoms with Gasteiger partial charge >= 0.3 is 0 Å². The number of hydrogen-bond acceptors (Lipinski definition) is 2. The molecule has 0 bridgehead atoms. The molecule has 6 nitrogen and oxygen atoms in total. The topological polar surface area (TPSA) is 47.9 Å². The molecule has 0 radical (unpaired) electrons. The van der Waals surface area contributed by atoms with E-state index in [9.17, 15) is 46.1 Å². The Balaban J connectivity index is 1.47. The third-order valence-corrected chi connectivity index (χ3v) is 13.3. The molecule has 5 heterocycles. The minimum atomic E-state index is -3.57. The van der Waals surface area contributed by atoms with Gasteiger partial charge in [-0.2, -0.15) is 5.26 Å². The van der Waals surface area contributed by atoms with Crippen LogP contribution in [0.3, 0.4) is 0 Å². The molecule has 15 aromatic rings. The molecule has 0 unspecified atom stereocenters. The van der Waals surface area contributed by atoms with Crippen molar-refractivity contribution in [3.8, 4) is 28.8 Å². The van der Waals surface area contributed by atoms with Gasteiger partial charge in [0.25, 0.3) is 0 Å². The van der Waals surface area contributed by atoms with Crippen LogP contribution in [0.2, 0.25) is 0 Å². The van der Waals surface area contributed by atoms with Crippen LogP contribution in [-0.4, -0.2) is 18.3 Å². The van der Waals surface area contributed by atoms with Crippen LogP contribution in [0.4, 0.5) is 5.69 Å². The normalized spacial score (nSPS) is 19.5. The second-order valence-corrected chi connectivity index (χ2v) is 16.5. The predicted molar refractivity (Wildman–Crippen MR) is 292 cm³/mol. The molecule has 7 heteroatoms. The summed E-state index contributed by atoms with van der Waals surface area (Å²) in [6, 6.07) is -34.3. The minimum absolute atomic E-state index is 0.403.